The minimum atomic E-state index is -0.0192. The molecule has 0 aromatic heterocycles. The molecule has 0 saturated carbocycles. The number of hydrogen-bond donors (Lipinski definition) is 2. The van der Waals surface area contributed by atoms with Crippen LogP contribution in [0.1, 0.15) is 32.3 Å². The van der Waals surface area contributed by atoms with Crippen molar-refractivity contribution in [1.29, 1.82) is 0 Å². The second-order valence-corrected chi connectivity index (χ2v) is 6.49. The Labute approximate surface area is 140 Å². The monoisotopic (exact) mass is 317 g/mol. The van der Waals surface area contributed by atoms with Crippen molar-refractivity contribution < 1.29 is 4.79 Å². The standard InChI is InChI=1S/C19H31N3O/c1-3-20-11-12-21-19(23)16(2)22-13-9-18(10-14-22)15-17-7-5-4-6-8-17/h4-8,16,18,20H,3,9-15H2,1-2H3,(H,21,23). The Hall–Kier alpha value is -1.39. The molecule has 1 heterocycles. The van der Waals surface area contributed by atoms with Crippen LogP contribution in [0.5, 0.6) is 0 Å². The Balaban J connectivity index is 1.69. The summed E-state index contributed by atoms with van der Waals surface area (Å²) in [5.74, 6) is 0.905. The predicted molar refractivity (Wildman–Crippen MR) is 95.5 cm³/mol. The van der Waals surface area contributed by atoms with E-state index in [1.54, 1.807) is 0 Å². The van der Waals surface area contributed by atoms with Gasteiger partial charge in [-0.2, -0.15) is 0 Å². The predicted octanol–water partition coefficient (Wildman–Crippen LogP) is 2.06. The number of carbonyl (C=O) groups is 1. The van der Waals surface area contributed by atoms with Gasteiger partial charge in [0.15, 0.2) is 0 Å². The zero-order valence-electron chi connectivity index (χ0n) is 14.6. The molecule has 1 aliphatic heterocycles. The van der Waals surface area contributed by atoms with Crippen molar-refractivity contribution in [2.45, 2.75) is 39.2 Å². The highest BCUT2D eigenvalue weighted by atomic mass is 16.2. The fourth-order valence-electron chi connectivity index (χ4n) is 3.26. The molecule has 1 atom stereocenters. The van der Waals surface area contributed by atoms with Crippen LogP contribution in [0.3, 0.4) is 0 Å². The first-order valence-corrected chi connectivity index (χ1v) is 8.97. The highest BCUT2D eigenvalue weighted by Gasteiger charge is 2.26. The fourth-order valence-corrected chi connectivity index (χ4v) is 3.26. The maximum absolute atomic E-state index is 12.2. The van der Waals surface area contributed by atoms with Crippen molar-refractivity contribution in [1.82, 2.24) is 15.5 Å². The summed E-state index contributed by atoms with van der Waals surface area (Å²) in [4.78, 5) is 14.5. The number of hydrogen-bond acceptors (Lipinski definition) is 3. The third kappa shape index (κ3) is 5.96. The molecule has 128 valence electrons. The molecule has 4 nitrogen and oxygen atoms in total. The zero-order chi connectivity index (χ0) is 16.5. The highest BCUT2D eigenvalue weighted by Crippen LogP contribution is 2.22. The molecule has 1 fully saturated rings. The van der Waals surface area contributed by atoms with Gasteiger partial charge >= 0.3 is 0 Å². The highest BCUT2D eigenvalue weighted by molar-refractivity contribution is 5.81. The Kier molecular flexibility index (Phi) is 7.56. The van der Waals surface area contributed by atoms with E-state index in [1.807, 2.05) is 6.92 Å². The summed E-state index contributed by atoms with van der Waals surface area (Å²) >= 11 is 0. The molecule has 0 bridgehead atoms. The maximum atomic E-state index is 12.2. The lowest BCUT2D eigenvalue weighted by Gasteiger charge is -2.35. The lowest BCUT2D eigenvalue weighted by Crippen LogP contribution is -2.49. The summed E-state index contributed by atoms with van der Waals surface area (Å²) in [6.45, 7) is 8.65. The number of benzene rings is 1. The van der Waals surface area contributed by atoms with Crippen molar-refractivity contribution in [3.8, 4) is 0 Å². The van der Waals surface area contributed by atoms with Crippen molar-refractivity contribution >= 4 is 5.91 Å². The lowest BCUT2D eigenvalue weighted by atomic mass is 9.89. The summed E-state index contributed by atoms with van der Waals surface area (Å²) in [5, 5.41) is 6.25. The second-order valence-electron chi connectivity index (χ2n) is 6.49. The smallest absolute Gasteiger partial charge is 0.237 e. The summed E-state index contributed by atoms with van der Waals surface area (Å²) in [5.41, 5.74) is 1.43. The summed E-state index contributed by atoms with van der Waals surface area (Å²) in [7, 11) is 0. The molecule has 2 rings (SSSR count). The molecule has 1 aromatic carbocycles. The molecule has 23 heavy (non-hydrogen) atoms. The van der Waals surface area contributed by atoms with E-state index in [9.17, 15) is 4.79 Å². The molecule has 1 amide bonds. The minimum Gasteiger partial charge on any atom is -0.353 e. The second kappa shape index (κ2) is 9.68. The van der Waals surface area contributed by atoms with E-state index < -0.39 is 0 Å². The van der Waals surface area contributed by atoms with Gasteiger partial charge in [0.05, 0.1) is 6.04 Å². The van der Waals surface area contributed by atoms with Gasteiger partial charge in [-0.15, -0.1) is 0 Å². The molecule has 0 radical (unpaired) electrons. The molecule has 0 spiro atoms. The van der Waals surface area contributed by atoms with Gasteiger partial charge in [0.25, 0.3) is 0 Å². The fraction of sp³-hybridized carbons (Fsp3) is 0.632. The van der Waals surface area contributed by atoms with Crippen LogP contribution in [0, 0.1) is 5.92 Å². The minimum absolute atomic E-state index is 0.0192. The average Bonchev–Trinajstić information content (AvgIpc) is 2.59. The number of likely N-dealkylation sites (N-methyl/N-ethyl adjacent to an activating group) is 1. The normalized spacial score (nSPS) is 17.8. The number of rotatable bonds is 8. The first-order chi connectivity index (χ1) is 11.2. The van der Waals surface area contributed by atoms with Crippen LogP contribution in [0.2, 0.25) is 0 Å². The molecular formula is C19H31N3O. The number of likely N-dealkylation sites (tertiary alicyclic amines) is 1. The van der Waals surface area contributed by atoms with Crippen molar-refractivity contribution in [3.05, 3.63) is 35.9 Å². The molecule has 1 aromatic rings. The van der Waals surface area contributed by atoms with Gasteiger partial charge in [-0.25, -0.2) is 0 Å². The van der Waals surface area contributed by atoms with Crippen LogP contribution < -0.4 is 10.6 Å². The SMILES string of the molecule is CCNCCNC(=O)C(C)N1CCC(Cc2ccccc2)CC1. The van der Waals surface area contributed by atoms with Crippen LogP contribution in [0.15, 0.2) is 30.3 Å². The molecule has 1 aliphatic rings. The molecule has 4 heteroatoms. The number of amides is 1. The van der Waals surface area contributed by atoms with Crippen molar-refractivity contribution in [2.24, 2.45) is 5.92 Å². The third-order valence-electron chi connectivity index (χ3n) is 4.79. The topological polar surface area (TPSA) is 44.4 Å². The Morgan fingerprint density at radius 1 is 1.22 bits per heavy atom. The lowest BCUT2D eigenvalue weighted by molar-refractivity contribution is -0.126. The number of carbonyl (C=O) groups excluding carboxylic acids is 1. The first-order valence-electron chi connectivity index (χ1n) is 8.97. The van der Waals surface area contributed by atoms with Gasteiger partial charge in [0.1, 0.15) is 0 Å². The molecule has 0 aliphatic carbocycles. The summed E-state index contributed by atoms with van der Waals surface area (Å²) in [6, 6.07) is 10.7. The van der Waals surface area contributed by atoms with Gasteiger partial charge in [0.2, 0.25) is 5.91 Å². The molecular weight excluding hydrogens is 286 g/mol. The zero-order valence-corrected chi connectivity index (χ0v) is 14.6. The van der Waals surface area contributed by atoms with Crippen LogP contribution in [0.4, 0.5) is 0 Å². The van der Waals surface area contributed by atoms with E-state index in [1.165, 1.54) is 18.4 Å². The van der Waals surface area contributed by atoms with Crippen LogP contribution in [0.25, 0.3) is 0 Å². The summed E-state index contributed by atoms with van der Waals surface area (Å²) < 4.78 is 0. The van der Waals surface area contributed by atoms with Gasteiger partial charge in [0, 0.05) is 13.1 Å². The average molecular weight is 317 g/mol. The van der Waals surface area contributed by atoms with E-state index in [0.29, 0.717) is 6.54 Å². The number of piperidine rings is 1. The number of nitrogens with one attached hydrogen (secondary N) is 2. The largest absolute Gasteiger partial charge is 0.353 e. The van der Waals surface area contributed by atoms with Crippen molar-refractivity contribution in [2.75, 3.05) is 32.7 Å². The van der Waals surface area contributed by atoms with Crippen LogP contribution in [-0.4, -0.2) is 49.6 Å². The van der Waals surface area contributed by atoms with E-state index in [2.05, 4.69) is 52.8 Å². The van der Waals surface area contributed by atoms with Crippen LogP contribution >= 0.6 is 0 Å². The van der Waals surface area contributed by atoms with Gasteiger partial charge in [-0.05, 0) is 57.3 Å². The van der Waals surface area contributed by atoms with Crippen molar-refractivity contribution in [3.63, 3.8) is 0 Å². The Bertz CT molecular complexity index is 455. The third-order valence-corrected chi connectivity index (χ3v) is 4.79. The molecule has 2 N–H and O–H groups in total. The van der Waals surface area contributed by atoms with Crippen LogP contribution in [-0.2, 0) is 11.2 Å². The Morgan fingerprint density at radius 3 is 2.57 bits per heavy atom. The Morgan fingerprint density at radius 2 is 1.91 bits per heavy atom. The van der Waals surface area contributed by atoms with Gasteiger partial charge in [-0.1, -0.05) is 37.3 Å². The van der Waals surface area contributed by atoms with E-state index >= 15 is 0 Å². The van der Waals surface area contributed by atoms with E-state index in [0.717, 1.165) is 38.5 Å². The van der Waals surface area contributed by atoms with Gasteiger partial charge in [-0.3, -0.25) is 9.69 Å². The first kappa shape index (κ1) is 18.0. The quantitative estimate of drug-likeness (QED) is 0.721. The molecule has 1 saturated heterocycles. The maximum Gasteiger partial charge on any atom is 0.237 e. The van der Waals surface area contributed by atoms with Gasteiger partial charge < -0.3 is 10.6 Å². The van der Waals surface area contributed by atoms with E-state index in [-0.39, 0.29) is 11.9 Å². The van der Waals surface area contributed by atoms with E-state index in [4.69, 9.17) is 0 Å². The molecule has 1 unspecified atom stereocenters. The summed E-state index contributed by atoms with van der Waals surface area (Å²) in [6.07, 6.45) is 3.53. The number of nitrogens with zero attached hydrogens (tertiary/aromatic N) is 1.